The van der Waals surface area contributed by atoms with E-state index in [1.807, 2.05) is 42.5 Å². The highest BCUT2D eigenvalue weighted by Crippen LogP contribution is 2.32. The molecule has 0 aliphatic heterocycles. The van der Waals surface area contributed by atoms with E-state index < -0.39 is 0 Å². The standard InChI is InChI=1S/C18H19BrN2O2/c1-22-17-11-15(19)18(23-2)10-14(17)8-9-21-16(12-20)13-6-4-3-5-7-13/h3-7,10-11,16,21H,8-9H2,1-2H3. The molecule has 23 heavy (non-hydrogen) atoms. The summed E-state index contributed by atoms with van der Waals surface area (Å²) in [4.78, 5) is 0. The zero-order chi connectivity index (χ0) is 16.7. The van der Waals surface area contributed by atoms with Gasteiger partial charge in [-0.2, -0.15) is 5.26 Å². The van der Waals surface area contributed by atoms with Crippen LogP contribution in [0.2, 0.25) is 0 Å². The van der Waals surface area contributed by atoms with Crippen molar-refractivity contribution < 1.29 is 9.47 Å². The molecule has 120 valence electrons. The molecular formula is C18H19BrN2O2. The first kappa shape index (κ1) is 17.3. The summed E-state index contributed by atoms with van der Waals surface area (Å²) >= 11 is 3.45. The Morgan fingerprint density at radius 2 is 1.83 bits per heavy atom. The highest BCUT2D eigenvalue weighted by Gasteiger charge is 2.12. The summed E-state index contributed by atoms with van der Waals surface area (Å²) in [7, 11) is 3.28. The summed E-state index contributed by atoms with van der Waals surface area (Å²) in [5, 5.41) is 12.6. The Bertz CT molecular complexity index is 683. The maximum atomic E-state index is 9.33. The van der Waals surface area contributed by atoms with E-state index in [1.165, 1.54) is 0 Å². The van der Waals surface area contributed by atoms with Crippen molar-refractivity contribution in [3.8, 4) is 17.6 Å². The maximum Gasteiger partial charge on any atom is 0.133 e. The van der Waals surface area contributed by atoms with Crippen molar-refractivity contribution in [2.45, 2.75) is 12.5 Å². The number of nitrogens with one attached hydrogen (secondary N) is 1. The Morgan fingerprint density at radius 1 is 1.13 bits per heavy atom. The first-order valence-corrected chi connectivity index (χ1v) is 8.07. The second kappa shape index (κ2) is 8.56. The molecule has 0 aliphatic rings. The zero-order valence-corrected chi connectivity index (χ0v) is 14.8. The van der Waals surface area contributed by atoms with Crippen LogP contribution >= 0.6 is 15.9 Å². The van der Waals surface area contributed by atoms with Crippen LogP contribution in [0, 0.1) is 11.3 Å². The third-order valence-corrected chi connectivity index (χ3v) is 4.18. The molecule has 0 heterocycles. The molecule has 2 aromatic rings. The minimum Gasteiger partial charge on any atom is -0.496 e. The number of nitrogens with zero attached hydrogens (tertiary/aromatic N) is 1. The van der Waals surface area contributed by atoms with Crippen molar-refractivity contribution in [2.24, 2.45) is 0 Å². The lowest BCUT2D eigenvalue weighted by atomic mass is 10.1. The van der Waals surface area contributed by atoms with Crippen LogP contribution in [-0.4, -0.2) is 20.8 Å². The fourth-order valence-corrected chi connectivity index (χ4v) is 2.84. The molecule has 2 rings (SSSR count). The largest absolute Gasteiger partial charge is 0.496 e. The molecule has 0 radical (unpaired) electrons. The van der Waals surface area contributed by atoms with E-state index in [4.69, 9.17) is 9.47 Å². The molecule has 1 atom stereocenters. The molecule has 0 saturated heterocycles. The predicted octanol–water partition coefficient (Wildman–Crippen LogP) is 3.86. The topological polar surface area (TPSA) is 54.3 Å². The molecule has 0 saturated carbocycles. The van der Waals surface area contributed by atoms with Crippen molar-refractivity contribution in [3.05, 3.63) is 58.1 Å². The summed E-state index contributed by atoms with van der Waals surface area (Å²) in [6, 6.07) is 15.5. The average molecular weight is 375 g/mol. The Balaban J connectivity index is 2.04. The molecule has 0 aliphatic carbocycles. The molecule has 0 bridgehead atoms. The molecule has 2 aromatic carbocycles. The fraction of sp³-hybridized carbons (Fsp3) is 0.278. The molecule has 5 heteroatoms. The molecular weight excluding hydrogens is 356 g/mol. The summed E-state index contributed by atoms with van der Waals surface area (Å²) in [6.45, 7) is 0.661. The van der Waals surface area contributed by atoms with Gasteiger partial charge in [0.25, 0.3) is 0 Å². The third-order valence-electron chi connectivity index (χ3n) is 3.56. The number of hydrogen-bond donors (Lipinski definition) is 1. The van der Waals surface area contributed by atoms with Gasteiger partial charge < -0.3 is 9.47 Å². The number of hydrogen-bond acceptors (Lipinski definition) is 4. The first-order valence-electron chi connectivity index (χ1n) is 7.28. The van der Waals surface area contributed by atoms with Crippen LogP contribution in [0.25, 0.3) is 0 Å². The summed E-state index contributed by atoms with van der Waals surface area (Å²) in [5.74, 6) is 1.56. The number of ether oxygens (including phenoxy) is 2. The van der Waals surface area contributed by atoms with Crippen molar-refractivity contribution in [3.63, 3.8) is 0 Å². The second-order valence-corrected chi connectivity index (χ2v) is 5.83. The molecule has 0 amide bonds. The monoisotopic (exact) mass is 374 g/mol. The van der Waals surface area contributed by atoms with Gasteiger partial charge in [0.1, 0.15) is 17.5 Å². The van der Waals surface area contributed by atoms with Gasteiger partial charge >= 0.3 is 0 Å². The quantitative estimate of drug-likeness (QED) is 0.799. The minimum absolute atomic E-state index is 0.320. The van der Waals surface area contributed by atoms with E-state index in [9.17, 15) is 5.26 Å². The van der Waals surface area contributed by atoms with Gasteiger partial charge in [0.05, 0.1) is 24.8 Å². The molecule has 0 aromatic heterocycles. The van der Waals surface area contributed by atoms with Crippen LogP contribution in [0.5, 0.6) is 11.5 Å². The van der Waals surface area contributed by atoms with Crippen molar-refractivity contribution in [1.29, 1.82) is 5.26 Å². The van der Waals surface area contributed by atoms with Crippen LogP contribution in [0.1, 0.15) is 17.2 Å². The number of nitriles is 1. The molecule has 0 fully saturated rings. The first-order chi connectivity index (χ1) is 11.2. The predicted molar refractivity (Wildman–Crippen MR) is 93.7 cm³/mol. The van der Waals surface area contributed by atoms with Crippen LogP contribution in [0.3, 0.4) is 0 Å². The molecule has 4 nitrogen and oxygen atoms in total. The van der Waals surface area contributed by atoms with Crippen molar-refractivity contribution in [1.82, 2.24) is 5.32 Å². The maximum absolute atomic E-state index is 9.33. The van der Waals surface area contributed by atoms with Gasteiger partial charge in [-0.1, -0.05) is 30.3 Å². The lowest BCUT2D eigenvalue weighted by Crippen LogP contribution is -2.22. The minimum atomic E-state index is -0.320. The fourth-order valence-electron chi connectivity index (χ4n) is 2.35. The van der Waals surface area contributed by atoms with Gasteiger partial charge in [-0.15, -0.1) is 0 Å². The highest BCUT2D eigenvalue weighted by atomic mass is 79.9. The Morgan fingerprint density at radius 3 is 2.43 bits per heavy atom. The Hall–Kier alpha value is -2.03. The smallest absolute Gasteiger partial charge is 0.133 e. The van der Waals surface area contributed by atoms with Gasteiger partial charge in [0, 0.05) is 6.54 Å². The van der Waals surface area contributed by atoms with E-state index in [-0.39, 0.29) is 6.04 Å². The van der Waals surface area contributed by atoms with Gasteiger partial charge in [-0.05, 0) is 45.6 Å². The van der Waals surface area contributed by atoms with Crippen LogP contribution in [0.4, 0.5) is 0 Å². The molecule has 0 spiro atoms. The van der Waals surface area contributed by atoms with Crippen LogP contribution in [0.15, 0.2) is 46.9 Å². The van der Waals surface area contributed by atoms with Crippen molar-refractivity contribution >= 4 is 15.9 Å². The van der Waals surface area contributed by atoms with Gasteiger partial charge in [-0.3, -0.25) is 5.32 Å². The summed E-state index contributed by atoms with van der Waals surface area (Å²) < 4.78 is 11.6. The zero-order valence-electron chi connectivity index (χ0n) is 13.2. The van der Waals surface area contributed by atoms with E-state index in [2.05, 4.69) is 27.3 Å². The van der Waals surface area contributed by atoms with E-state index in [0.29, 0.717) is 6.54 Å². The lowest BCUT2D eigenvalue weighted by Gasteiger charge is -2.15. The molecule has 1 unspecified atom stereocenters. The van der Waals surface area contributed by atoms with E-state index in [0.717, 1.165) is 33.5 Å². The number of halogens is 1. The van der Waals surface area contributed by atoms with E-state index in [1.54, 1.807) is 14.2 Å². The van der Waals surface area contributed by atoms with E-state index >= 15 is 0 Å². The van der Waals surface area contributed by atoms with Gasteiger partial charge in [-0.25, -0.2) is 0 Å². The number of benzene rings is 2. The third kappa shape index (κ3) is 4.47. The van der Waals surface area contributed by atoms with Crippen molar-refractivity contribution in [2.75, 3.05) is 20.8 Å². The van der Waals surface area contributed by atoms with Gasteiger partial charge in [0.2, 0.25) is 0 Å². The average Bonchev–Trinajstić information content (AvgIpc) is 2.60. The van der Waals surface area contributed by atoms with Gasteiger partial charge in [0.15, 0.2) is 0 Å². The number of rotatable bonds is 7. The SMILES string of the molecule is COc1cc(CCNC(C#N)c2ccccc2)c(OC)cc1Br. The van der Waals surface area contributed by atoms with Crippen LogP contribution < -0.4 is 14.8 Å². The lowest BCUT2D eigenvalue weighted by molar-refractivity contribution is 0.396. The van der Waals surface area contributed by atoms with Crippen LogP contribution in [-0.2, 0) is 6.42 Å². The summed E-state index contributed by atoms with van der Waals surface area (Å²) in [6.07, 6.45) is 0.734. The normalized spacial score (nSPS) is 11.6. The second-order valence-electron chi connectivity index (χ2n) is 4.98. The molecule has 1 N–H and O–H groups in total. The highest BCUT2D eigenvalue weighted by molar-refractivity contribution is 9.10. The summed E-state index contributed by atoms with van der Waals surface area (Å²) in [5.41, 5.74) is 2.00. The Kier molecular flexibility index (Phi) is 6.45. The Labute approximate surface area is 145 Å². The number of methoxy groups -OCH3 is 2.